The Hall–Kier alpha value is -2.41. The van der Waals surface area contributed by atoms with Gasteiger partial charge in [-0.05, 0) is 24.3 Å². The first-order valence-corrected chi connectivity index (χ1v) is 7.58. The van der Waals surface area contributed by atoms with E-state index in [9.17, 15) is 4.79 Å². The fourth-order valence-corrected chi connectivity index (χ4v) is 2.39. The summed E-state index contributed by atoms with van der Waals surface area (Å²) in [6, 6.07) is 7.38. The molecule has 2 heterocycles. The molecule has 1 aliphatic heterocycles. The van der Waals surface area contributed by atoms with Gasteiger partial charge in [0, 0.05) is 31.5 Å². The molecule has 0 aliphatic carbocycles. The molecule has 7 heteroatoms. The number of hydrogen-bond donors (Lipinski definition) is 0. The van der Waals surface area contributed by atoms with Crippen molar-refractivity contribution in [2.24, 2.45) is 0 Å². The fraction of sp³-hybridized carbons (Fsp3) is 0.438. The zero-order valence-electron chi connectivity index (χ0n) is 13.0. The van der Waals surface area contributed by atoms with E-state index < -0.39 is 0 Å². The van der Waals surface area contributed by atoms with Crippen LogP contribution in [0.25, 0.3) is 11.5 Å². The van der Waals surface area contributed by atoms with E-state index in [1.165, 1.54) is 0 Å². The highest BCUT2D eigenvalue weighted by Crippen LogP contribution is 2.21. The van der Waals surface area contributed by atoms with Crippen LogP contribution in [0.15, 0.2) is 28.7 Å². The van der Waals surface area contributed by atoms with Crippen LogP contribution < -0.4 is 4.74 Å². The van der Waals surface area contributed by atoms with Crippen molar-refractivity contribution in [3.63, 3.8) is 0 Å². The zero-order valence-corrected chi connectivity index (χ0v) is 13.0. The van der Waals surface area contributed by atoms with Crippen LogP contribution in [0.2, 0.25) is 0 Å². The third kappa shape index (κ3) is 3.87. The molecule has 7 nitrogen and oxygen atoms in total. The van der Waals surface area contributed by atoms with Gasteiger partial charge >= 0.3 is 0 Å². The van der Waals surface area contributed by atoms with E-state index in [2.05, 4.69) is 10.2 Å². The van der Waals surface area contributed by atoms with E-state index in [1.54, 1.807) is 7.11 Å². The molecule has 0 unspecified atom stereocenters. The molecule has 0 bridgehead atoms. The summed E-state index contributed by atoms with van der Waals surface area (Å²) in [7, 11) is 1.62. The Morgan fingerprint density at radius 2 is 1.96 bits per heavy atom. The molecule has 1 amide bonds. The third-order valence-electron chi connectivity index (χ3n) is 3.72. The minimum absolute atomic E-state index is 0.0949. The second-order valence-electron chi connectivity index (χ2n) is 5.22. The monoisotopic (exact) mass is 317 g/mol. The first-order chi connectivity index (χ1) is 11.3. The number of aryl methyl sites for hydroxylation is 1. The second-order valence-corrected chi connectivity index (χ2v) is 5.22. The number of ether oxygens (including phenoxy) is 2. The number of carbonyl (C=O) groups excluding carboxylic acids is 1. The Morgan fingerprint density at radius 3 is 2.65 bits per heavy atom. The lowest BCUT2D eigenvalue weighted by atomic mass is 10.2. The van der Waals surface area contributed by atoms with E-state index in [0.29, 0.717) is 50.9 Å². The highest BCUT2D eigenvalue weighted by atomic mass is 16.5. The van der Waals surface area contributed by atoms with E-state index in [0.717, 1.165) is 11.3 Å². The Balaban J connectivity index is 1.57. The second kappa shape index (κ2) is 7.23. The largest absolute Gasteiger partial charge is 0.497 e. The molecule has 1 aromatic carbocycles. The number of hydrogen-bond acceptors (Lipinski definition) is 6. The number of morpholine rings is 1. The molecule has 0 spiro atoms. The number of carbonyl (C=O) groups is 1. The van der Waals surface area contributed by atoms with Crippen LogP contribution in [0.4, 0.5) is 0 Å². The van der Waals surface area contributed by atoms with Gasteiger partial charge in [-0.3, -0.25) is 4.79 Å². The molecule has 1 aliphatic rings. The summed E-state index contributed by atoms with van der Waals surface area (Å²) in [6.07, 6.45) is 0.809. The number of aromatic nitrogens is 2. The van der Waals surface area contributed by atoms with Crippen LogP contribution in [0.5, 0.6) is 5.75 Å². The maximum Gasteiger partial charge on any atom is 0.247 e. The van der Waals surface area contributed by atoms with Gasteiger partial charge < -0.3 is 18.8 Å². The lowest BCUT2D eigenvalue weighted by Crippen LogP contribution is -2.40. The summed E-state index contributed by atoms with van der Waals surface area (Å²) in [5.41, 5.74) is 0.823. The summed E-state index contributed by atoms with van der Waals surface area (Å²) >= 11 is 0. The highest BCUT2D eigenvalue weighted by Gasteiger charge is 2.18. The van der Waals surface area contributed by atoms with Crippen molar-refractivity contribution in [2.45, 2.75) is 12.8 Å². The number of nitrogens with zero attached hydrogens (tertiary/aromatic N) is 3. The maximum atomic E-state index is 12.1. The molecule has 0 saturated carbocycles. The molecular weight excluding hydrogens is 298 g/mol. The first-order valence-electron chi connectivity index (χ1n) is 7.58. The normalized spacial score (nSPS) is 14.7. The van der Waals surface area contributed by atoms with Crippen LogP contribution in [0, 0.1) is 0 Å². The highest BCUT2D eigenvalue weighted by molar-refractivity contribution is 5.76. The molecule has 23 heavy (non-hydrogen) atoms. The van der Waals surface area contributed by atoms with Crippen LogP contribution >= 0.6 is 0 Å². The number of benzene rings is 1. The van der Waals surface area contributed by atoms with Crippen molar-refractivity contribution in [3.05, 3.63) is 30.2 Å². The lowest BCUT2D eigenvalue weighted by Gasteiger charge is -2.26. The summed E-state index contributed by atoms with van der Waals surface area (Å²) < 4.78 is 16.0. The van der Waals surface area contributed by atoms with Gasteiger partial charge in [0.25, 0.3) is 0 Å². The molecule has 3 rings (SSSR count). The smallest absolute Gasteiger partial charge is 0.247 e. The van der Waals surface area contributed by atoms with E-state index in [-0.39, 0.29) is 5.91 Å². The van der Waals surface area contributed by atoms with Gasteiger partial charge in [0.2, 0.25) is 17.7 Å². The fourth-order valence-electron chi connectivity index (χ4n) is 2.39. The molecular formula is C16H19N3O4. The molecule has 2 aromatic rings. The number of rotatable bonds is 5. The predicted octanol–water partition coefficient (Wildman–Crippen LogP) is 1.54. The summed E-state index contributed by atoms with van der Waals surface area (Å²) in [5.74, 6) is 1.78. The van der Waals surface area contributed by atoms with Crippen LogP contribution in [0.3, 0.4) is 0 Å². The number of amides is 1. The molecule has 0 radical (unpaired) electrons. The van der Waals surface area contributed by atoms with Gasteiger partial charge in [-0.1, -0.05) is 0 Å². The molecule has 1 fully saturated rings. The Morgan fingerprint density at radius 1 is 1.22 bits per heavy atom. The average Bonchev–Trinajstić information content (AvgIpc) is 3.09. The minimum Gasteiger partial charge on any atom is -0.497 e. The Kier molecular flexibility index (Phi) is 4.87. The van der Waals surface area contributed by atoms with Crippen molar-refractivity contribution < 1.29 is 18.7 Å². The van der Waals surface area contributed by atoms with E-state index in [1.807, 2.05) is 29.2 Å². The van der Waals surface area contributed by atoms with Gasteiger partial charge in [-0.25, -0.2) is 0 Å². The summed E-state index contributed by atoms with van der Waals surface area (Å²) in [5, 5.41) is 8.04. The quantitative estimate of drug-likeness (QED) is 0.832. The minimum atomic E-state index is 0.0949. The topological polar surface area (TPSA) is 77.7 Å². The van der Waals surface area contributed by atoms with Crippen molar-refractivity contribution in [1.82, 2.24) is 15.1 Å². The molecule has 0 N–H and O–H groups in total. The zero-order chi connectivity index (χ0) is 16.1. The standard InChI is InChI=1S/C16H19N3O4/c1-21-13-4-2-12(3-5-13)16-18-17-14(23-16)6-7-15(20)19-8-10-22-11-9-19/h2-5H,6-11H2,1H3. The molecule has 0 atom stereocenters. The van der Waals surface area contributed by atoms with E-state index >= 15 is 0 Å². The van der Waals surface area contributed by atoms with Crippen LogP contribution in [0.1, 0.15) is 12.3 Å². The SMILES string of the molecule is COc1ccc(-c2nnc(CCC(=O)N3CCOCC3)o2)cc1. The summed E-state index contributed by atoms with van der Waals surface area (Å²) in [4.78, 5) is 13.9. The molecule has 1 aromatic heterocycles. The predicted molar refractivity (Wildman–Crippen MR) is 82.0 cm³/mol. The van der Waals surface area contributed by atoms with Crippen molar-refractivity contribution in [1.29, 1.82) is 0 Å². The maximum absolute atomic E-state index is 12.1. The Labute approximate surface area is 134 Å². The third-order valence-corrected chi connectivity index (χ3v) is 3.72. The van der Waals surface area contributed by atoms with E-state index in [4.69, 9.17) is 13.9 Å². The average molecular weight is 317 g/mol. The van der Waals surface area contributed by atoms with Crippen LogP contribution in [-0.2, 0) is 16.0 Å². The lowest BCUT2D eigenvalue weighted by molar-refractivity contribution is -0.135. The summed E-state index contributed by atoms with van der Waals surface area (Å²) in [6.45, 7) is 2.52. The van der Waals surface area contributed by atoms with Crippen LogP contribution in [-0.4, -0.2) is 54.4 Å². The van der Waals surface area contributed by atoms with Gasteiger partial charge in [-0.15, -0.1) is 10.2 Å². The van der Waals surface area contributed by atoms with Crippen molar-refractivity contribution >= 4 is 5.91 Å². The molecule has 122 valence electrons. The molecule has 1 saturated heterocycles. The van der Waals surface area contributed by atoms with Gasteiger partial charge in [-0.2, -0.15) is 0 Å². The van der Waals surface area contributed by atoms with Gasteiger partial charge in [0.05, 0.1) is 20.3 Å². The van der Waals surface area contributed by atoms with Gasteiger partial charge in [0.15, 0.2) is 0 Å². The van der Waals surface area contributed by atoms with Crippen molar-refractivity contribution in [2.75, 3.05) is 33.4 Å². The van der Waals surface area contributed by atoms with Crippen molar-refractivity contribution in [3.8, 4) is 17.2 Å². The Bertz CT molecular complexity index is 648. The number of methoxy groups -OCH3 is 1. The first kappa shape index (κ1) is 15.5. The van der Waals surface area contributed by atoms with Gasteiger partial charge in [0.1, 0.15) is 5.75 Å².